The van der Waals surface area contributed by atoms with Crippen LogP contribution in [0.2, 0.25) is 18.6 Å². The average Bonchev–Trinajstić information content (AvgIpc) is 4.19. The molecule has 0 aliphatic carbocycles. The van der Waals surface area contributed by atoms with Crippen molar-refractivity contribution in [1.82, 2.24) is 34.6 Å². The summed E-state index contributed by atoms with van der Waals surface area (Å²) in [5.74, 6) is -0.0961. The molecule has 5 heterocycles. The van der Waals surface area contributed by atoms with E-state index in [0.29, 0.717) is 57.6 Å². The number of carbonyl (C=O) groups excluding carboxylic acids is 1. The highest BCUT2D eigenvalue weighted by molar-refractivity contribution is 6.91. The molecule has 0 saturated carbocycles. The van der Waals surface area contributed by atoms with Crippen molar-refractivity contribution in [3.63, 3.8) is 0 Å². The second-order valence-corrected chi connectivity index (χ2v) is 23.5. The van der Waals surface area contributed by atoms with Crippen molar-refractivity contribution in [2.75, 3.05) is 18.6 Å². The zero-order chi connectivity index (χ0) is 47.6. The molecule has 14 nitrogen and oxygen atoms in total. The number of amides is 1. The number of anilines is 1. The summed E-state index contributed by atoms with van der Waals surface area (Å²) in [5.41, 5.74) is 4.58. The van der Waals surface area contributed by atoms with Crippen molar-refractivity contribution >= 4 is 46.7 Å². The molecule has 11 rings (SSSR count). The second-order valence-electron chi connectivity index (χ2n) is 18.9. The molecule has 1 unspecified atom stereocenters. The van der Waals surface area contributed by atoms with Crippen LogP contribution in [0.15, 0.2) is 161 Å². The number of H-pyrrole nitrogens is 2. The van der Waals surface area contributed by atoms with Crippen LogP contribution in [0, 0.1) is 5.92 Å². The first kappa shape index (κ1) is 43.9. The summed E-state index contributed by atoms with van der Waals surface area (Å²) in [5, 5.41) is 28.4. The normalized spacial score (nSPS) is 19.5. The molecule has 1 amide bonds. The van der Waals surface area contributed by atoms with Crippen LogP contribution >= 0.6 is 0 Å². The maximum absolute atomic E-state index is 16.0. The zero-order valence-corrected chi connectivity index (χ0v) is 39.7. The van der Waals surface area contributed by atoms with E-state index in [1.165, 1.54) is 14.6 Å². The number of aliphatic hydroxyl groups is 1. The van der Waals surface area contributed by atoms with Gasteiger partial charge >= 0.3 is 0 Å². The Morgan fingerprint density at radius 2 is 1.43 bits per heavy atom. The van der Waals surface area contributed by atoms with Crippen molar-refractivity contribution in [1.29, 1.82) is 0 Å². The van der Waals surface area contributed by atoms with Crippen molar-refractivity contribution in [3.8, 4) is 17.1 Å². The van der Waals surface area contributed by atoms with Gasteiger partial charge in [0.25, 0.3) is 17.0 Å². The number of benzene rings is 6. The van der Waals surface area contributed by atoms with E-state index in [2.05, 4.69) is 52.7 Å². The Morgan fingerprint density at radius 1 is 0.783 bits per heavy atom. The van der Waals surface area contributed by atoms with Gasteiger partial charge in [-0.25, -0.2) is 9.36 Å². The van der Waals surface area contributed by atoms with Crippen molar-refractivity contribution in [2.45, 2.75) is 62.7 Å². The van der Waals surface area contributed by atoms with Crippen molar-refractivity contribution < 1.29 is 19.4 Å². The number of hydrogen-bond acceptors (Lipinski definition) is 8. The lowest BCUT2D eigenvalue weighted by atomic mass is 9.82. The van der Waals surface area contributed by atoms with Crippen LogP contribution in [0.25, 0.3) is 33.2 Å². The summed E-state index contributed by atoms with van der Waals surface area (Å²) in [7, 11) is -0.889. The van der Waals surface area contributed by atoms with Gasteiger partial charge in [0, 0.05) is 24.2 Å². The SMILES string of the molecule is COc1ccc([Si](C)(C)[C@H]2[C@H](CCn3cc(C(CO)c4ccccc4)nn3)O[C@@]3(C(=O)N(Cc4cccc(-n5[nH]c6ccccc6c5=O)c4)c4ccc(-n5[nH]c6ccccc6c5=O)cc43)[C@@H]2C)cc1. The minimum absolute atomic E-state index is 0.0863. The molecule has 0 bridgehead atoms. The van der Waals surface area contributed by atoms with Crippen molar-refractivity contribution in [3.05, 3.63) is 195 Å². The minimum Gasteiger partial charge on any atom is -0.497 e. The highest BCUT2D eigenvalue weighted by atomic mass is 28.3. The van der Waals surface area contributed by atoms with Crippen LogP contribution in [0.3, 0.4) is 0 Å². The predicted octanol–water partition coefficient (Wildman–Crippen LogP) is 7.53. The number of aromatic amines is 2. The molecule has 5 atom stereocenters. The van der Waals surface area contributed by atoms with Crippen LogP contribution < -0.4 is 25.9 Å². The monoisotopic (exact) mass is 936 g/mol. The van der Waals surface area contributed by atoms with Crippen molar-refractivity contribution in [2.24, 2.45) is 5.92 Å². The standard InChI is InChI=1S/C54H52N8O6Si/c1-34-50(69(3,4)40-24-22-39(67-2)23-25-40)49(27-28-59-32-47(55-58-59)43(33-63)36-14-6-5-7-15-36)68-54(34)44-30-38(62-52(65)42-18-9-11-20-46(42)57-62)21-26-48(44)60(53(54)66)31-35-13-12-16-37(29-35)61-51(64)41-17-8-10-19-45(41)56-61/h5-26,29-30,32,34,43,49-50,56-57,63H,27-28,31,33H2,1-4H3/t34-,43?,49+,50-,54+/m1/s1. The maximum atomic E-state index is 16.0. The number of aromatic nitrogens is 7. The number of para-hydroxylation sites is 2. The summed E-state index contributed by atoms with van der Waals surface area (Å²) in [6.07, 6.45) is 2.00. The molecule has 15 heteroatoms. The van der Waals surface area contributed by atoms with Gasteiger partial charge in [-0.1, -0.05) is 109 Å². The quantitative estimate of drug-likeness (QED) is 0.0999. The predicted molar refractivity (Wildman–Crippen MR) is 269 cm³/mol. The van der Waals surface area contributed by atoms with E-state index in [0.717, 1.165) is 22.4 Å². The highest BCUT2D eigenvalue weighted by Crippen LogP contribution is 2.60. The molecule has 1 saturated heterocycles. The number of rotatable bonds is 13. The maximum Gasteiger partial charge on any atom is 0.279 e. The molecule has 2 aliphatic heterocycles. The van der Waals surface area contributed by atoms with Gasteiger partial charge in [0.2, 0.25) is 0 Å². The lowest BCUT2D eigenvalue weighted by Gasteiger charge is -2.37. The third-order valence-corrected chi connectivity index (χ3v) is 19.1. The van der Waals surface area contributed by atoms with E-state index < -0.39 is 19.8 Å². The number of methoxy groups -OCH3 is 1. The molecular formula is C54H52N8O6Si. The number of aliphatic hydroxyl groups excluding tert-OH is 1. The first-order chi connectivity index (χ1) is 33.5. The molecular weight excluding hydrogens is 885 g/mol. The Balaban J connectivity index is 1.01. The van der Waals surface area contributed by atoms with E-state index >= 15 is 4.79 Å². The fourth-order valence-corrected chi connectivity index (χ4v) is 15.3. The van der Waals surface area contributed by atoms with E-state index in [1.54, 1.807) is 24.1 Å². The Kier molecular flexibility index (Phi) is 10.9. The lowest BCUT2D eigenvalue weighted by molar-refractivity contribution is -0.146. The summed E-state index contributed by atoms with van der Waals surface area (Å²) in [4.78, 5) is 45.3. The van der Waals surface area contributed by atoms with Gasteiger partial charge in [0.1, 0.15) is 5.75 Å². The number of fused-ring (bicyclic) bond motifs is 4. The number of nitrogens with one attached hydrogen (secondary N) is 2. The Morgan fingerprint density at radius 3 is 2.09 bits per heavy atom. The zero-order valence-electron chi connectivity index (χ0n) is 38.7. The van der Waals surface area contributed by atoms with Crippen LogP contribution in [-0.2, 0) is 28.2 Å². The van der Waals surface area contributed by atoms with Gasteiger partial charge in [0.05, 0.1) is 84.9 Å². The number of nitrogens with zero attached hydrogens (tertiary/aromatic N) is 6. The van der Waals surface area contributed by atoms with Crippen LogP contribution in [0.4, 0.5) is 5.69 Å². The van der Waals surface area contributed by atoms with Crippen LogP contribution in [-0.4, -0.2) is 73.5 Å². The molecule has 2 aliphatic rings. The number of aryl methyl sites for hydroxylation is 1. The van der Waals surface area contributed by atoms with Gasteiger partial charge in [0.15, 0.2) is 5.60 Å². The molecule has 3 aromatic heterocycles. The second kappa shape index (κ2) is 17.2. The van der Waals surface area contributed by atoms with Gasteiger partial charge in [-0.2, -0.15) is 0 Å². The molecule has 69 heavy (non-hydrogen) atoms. The van der Waals surface area contributed by atoms with E-state index in [1.807, 2.05) is 132 Å². The Labute approximate surface area is 398 Å². The summed E-state index contributed by atoms with van der Waals surface area (Å²) < 4.78 is 18.0. The number of hydrogen-bond donors (Lipinski definition) is 3. The average molecular weight is 937 g/mol. The minimum atomic E-state index is -2.55. The largest absolute Gasteiger partial charge is 0.497 e. The smallest absolute Gasteiger partial charge is 0.279 e. The molecule has 9 aromatic rings. The van der Waals surface area contributed by atoms with Gasteiger partial charge in [-0.15, -0.1) is 5.10 Å². The third-order valence-electron chi connectivity index (χ3n) is 14.7. The Bertz CT molecular complexity index is 3500. The fourth-order valence-electron chi connectivity index (χ4n) is 11.2. The number of carbonyl (C=O) groups is 1. The summed E-state index contributed by atoms with van der Waals surface area (Å²) in [6.45, 7) is 7.38. The van der Waals surface area contributed by atoms with Crippen LogP contribution in [0.5, 0.6) is 5.75 Å². The van der Waals surface area contributed by atoms with E-state index in [9.17, 15) is 14.7 Å². The topological polar surface area (TPSA) is 165 Å². The highest BCUT2D eigenvalue weighted by Gasteiger charge is 2.66. The van der Waals surface area contributed by atoms with Gasteiger partial charge in [-0.3, -0.25) is 29.3 Å². The van der Waals surface area contributed by atoms with Crippen LogP contribution in [0.1, 0.15) is 41.6 Å². The summed E-state index contributed by atoms with van der Waals surface area (Å²) >= 11 is 0. The van der Waals surface area contributed by atoms with Gasteiger partial charge < -0.3 is 19.5 Å². The third kappa shape index (κ3) is 7.27. The molecule has 3 N–H and O–H groups in total. The van der Waals surface area contributed by atoms with E-state index in [4.69, 9.17) is 9.47 Å². The molecule has 6 aromatic carbocycles. The molecule has 0 radical (unpaired) electrons. The molecule has 1 spiro atoms. The fraction of sp³-hybridized carbons (Fsp3) is 0.241. The first-order valence-corrected chi connectivity index (χ1v) is 26.4. The molecule has 1 fully saturated rings. The Hall–Kier alpha value is -7.59. The lowest BCUT2D eigenvalue weighted by Crippen LogP contribution is -2.51. The van der Waals surface area contributed by atoms with E-state index in [-0.39, 0.29) is 47.6 Å². The molecule has 348 valence electrons. The first-order valence-electron chi connectivity index (χ1n) is 23.3. The number of ether oxygens (including phenoxy) is 2. The van der Waals surface area contributed by atoms with Gasteiger partial charge in [-0.05, 0) is 89.8 Å². The summed E-state index contributed by atoms with van der Waals surface area (Å²) in [6, 6.07) is 46.3.